The summed E-state index contributed by atoms with van der Waals surface area (Å²) >= 11 is 0. The summed E-state index contributed by atoms with van der Waals surface area (Å²) in [5, 5.41) is 7.63. The molecule has 0 unspecified atom stereocenters. The fourth-order valence-electron chi connectivity index (χ4n) is 4.12. The van der Waals surface area contributed by atoms with Crippen molar-refractivity contribution in [3.05, 3.63) is 102 Å². The van der Waals surface area contributed by atoms with Crippen LogP contribution in [0.2, 0.25) is 0 Å². The molecule has 1 N–H and O–H groups in total. The third kappa shape index (κ3) is 4.58. The highest BCUT2D eigenvalue weighted by Crippen LogP contribution is 2.28. The maximum absolute atomic E-state index is 13.3. The van der Waals surface area contributed by atoms with Crippen LogP contribution in [0.4, 0.5) is 11.4 Å². The third-order valence-electron chi connectivity index (χ3n) is 5.73. The summed E-state index contributed by atoms with van der Waals surface area (Å²) < 4.78 is 27.8. The van der Waals surface area contributed by atoms with E-state index in [9.17, 15) is 13.2 Å². The smallest absolute Gasteiger partial charge is 0.259 e. The van der Waals surface area contributed by atoms with Crippen LogP contribution in [0.3, 0.4) is 0 Å². The predicted molar refractivity (Wildman–Crippen MR) is 133 cm³/mol. The second-order valence-electron chi connectivity index (χ2n) is 8.19. The quantitative estimate of drug-likeness (QED) is 0.451. The lowest BCUT2D eigenvalue weighted by Crippen LogP contribution is -2.25. The standard InChI is InChI=1S/C26H24N4O3S/c31-26(27-22-13-7-14-23(17-22)30-15-8-16-34(30,32)33)24-19-29(18-20-9-3-1-4-10-20)28-25(24)21-11-5-2-6-12-21/h1-7,9-14,17,19H,8,15-16,18H2,(H,27,31). The molecule has 0 radical (unpaired) electrons. The van der Waals surface area contributed by atoms with E-state index in [4.69, 9.17) is 5.10 Å². The molecule has 5 rings (SSSR count). The van der Waals surface area contributed by atoms with Gasteiger partial charge in [-0.25, -0.2) is 8.42 Å². The zero-order chi connectivity index (χ0) is 23.5. The van der Waals surface area contributed by atoms with Crippen LogP contribution in [-0.4, -0.2) is 36.4 Å². The molecular formula is C26H24N4O3S. The zero-order valence-corrected chi connectivity index (χ0v) is 19.3. The Morgan fingerprint density at radius 2 is 1.68 bits per heavy atom. The average Bonchev–Trinajstić information content (AvgIpc) is 3.43. The van der Waals surface area contributed by atoms with E-state index in [-0.39, 0.29) is 11.7 Å². The van der Waals surface area contributed by atoms with Gasteiger partial charge in [-0.3, -0.25) is 13.8 Å². The Bertz CT molecular complexity index is 1420. The van der Waals surface area contributed by atoms with Crippen molar-refractivity contribution in [2.24, 2.45) is 0 Å². The minimum Gasteiger partial charge on any atom is -0.322 e. The number of hydrogen-bond donors (Lipinski definition) is 1. The van der Waals surface area contributed by atoms with Gasteiger partial charge in [-0.05, 0) is 30.2 Å². The number of nitrogens with zero attached hydrogens (tertiary/aromatic N) is 3. The van der Waals surface area contributed by atoms with E-state index in [1.807, 2.05) is 60.7 Å². The van der Waals surface area contributed by atoms with Gasteiger partial charge < -0.3 is 5.32 Å². The molecule has 0 saturated carbocycles. The second-order valence-corrected chi connectivity index (χ2v) is 10.2. The van der Waals surface area contributed by atoms with Crippen molar-refractivity contribution in [2.45, 2.75) is 13.0 Å². The molecule has 0 atom stereocenters. The Balaban J connectivity index is 1.45. The minimum absolute atomic E-state index is 0.143. The number of aromatic nitrogens is 2. The molecule has 0 aliphatic carbocycles. The van der Waals surface area contributed by atoms with Gasteiger partial charge in [-0.1, -0.05) is 66.7 Å². The van der Waals surface area contributed by atoms with Crippen LogP contribution in [-0.2, 0) is 16.6 Å². The molecule has 7 nitrogen and oxygen atoms in total. The number of benzene rings is 3. The average molecular weight is 473 g/mol. The van der Waals surface area contributed by atoms with Crippen molar-refractivity contribution < 1.29 is 13.2 Å². The molecule has 0 bridgehead atoms. The van der Waals surface area contributed by atoms with Gasteiger partial charge in [0.25, 0.3) is 5.91 Å². The number of anilines is 2. The van der Waals surface area contributed by atoms with Gasteiger partial charge in [0.1, 0.15) is 5.69 Å². The Morgan fingerprint density at radius 1 is 0.941 bits per heavy atom. The largest absolute Gasteiger partial charge is 0.322 e. The highest BCUT2D eigenvalue weighted by atomic mass is 32.2. The van der Waals surface area contributed by atoms with Gasteiger partial charge in [0.05, 0.1) is 23.5 Å². The Hall–Kier alpha value is -3.91. The number of rotatable bonds is 6. The van der Waals surface area contributed by atoms with E-state index in [0.29, 0.717) is 42.1 Å². The van der Waals surface area contributed by atoms with Gasteiger partial charge in [-0.15, -0.1) is 0 Å². The molecule has 1 fully saturated rings. The number of sulfonamides is 1. The van der Waals surface area contributed by atoms with Crippen LogP contribution >= 0.6 is 0 Å². The van der Waals surface area contributed by atoms with E-state index in [2.05, 4.69) is 5.32 Å². The lowest BCUT2D eigenvalue weighted by Gasteiger charge is -2.17. The van der Waals surface area contributed by atoms with E-state index >= 15 is 0 Å². The number of amides is 1. The highest BCUT2D eigenvalue weighted by molar-refractivity contribution is 7.93. The number of hydrogen-bond acceptors (Lipinski definition) is 4. The first-order valence-corrected chi connectivity index (χ1v) is 12.7. The lowest BCUT2D eigenvalue weighted by atomic mass is 10.1. The molecule has 1 aliphatic rings. The summed E-state index contributed by atoms with van der Waals surface area (Å²) in [6, 6.07) is 26.4. The maximum Gasteiger partial charge on any atom is 0.259 e. The summed E-state index contributed by atoms with van der Waals surface area (Å²) in [5.74, 6) is -0.162. The van der Waals surface area contributed by atoms with Crippen molar-refractivity contribution in [2.75, 3.05) is 21.9 Å². The Morgan fingerprint density at radius 3 is 2.38 bits per heavy atom. The molecule has 172 valence electrons. The first kappa shape index (κ1) is 21.9. The van der Waals surface area contributed by atoms with Crippen molar-refractivity contribution >= 4 is 27.3 Å². The SMILES string of the molecule is O=C(Nc1cccc(N2CCCS2(=O)=O)c1)c1cn(Cc2ccccc2)nc1-c1ccccc1. The normalized spacial score (nSPS) is 14.8. The van der Waals surface area contributed by atoms with Crippen LogP contribution in [0.1, 0.15) is 22.3 Å². The van der Waals surface area contributed by atoms with Crippen LogP contribution in [0.5, 0.6) is 0 Å². The molecule has 1 amide bonds. The molecule has 2 heterocycles. The van der Waals surface area contributed by atoms with Crippen LogP contribution < -0.4 is 9.62 Å². The molecular weight excluding hydrogens is 448 g/mol. The highest BCUT2D eigenvalue weighted by Gasteiger charge is 2.28. The summed E-state index contributed by atoms with van der Waals surface area (Å²) in [6.07, 6.45) is 2.35. The van der Waals surface area contributed by atoms with Gasteiger partial charge in [0.2, 0.25) is 10.0 Å². The number of carbonyl (C=O) groups is 1. The molecule has 1 aromatic heterocycles. The van der Waals surface area contributed by atoms with Gasteiger partial charge >= 0.3 is 0 Å². The number of nitrogens with one attached hydrogen (secondary N) is 1. The molecule has 1 saturated heterocycles. The van der Waals surface area contributed by atoms with Crippen molar-refractivity contribution in [1.82, 2.24) is 9.78 Å². The topological polar surface area (TPSA) is 84.3 Å². The molecule has 0 spiro atoms. The van der Waals surface area contributed by atoms with Crippen LogP contribution in [0.25, 0.3) is 11.3 Å². The minimum atomic E-state index is -3.30. The van der Waals surface area contributed by atoms with Crippen molar-refractivity contribution in [3.8, 4) is 11.3 Å². The van der Waals surface area contributed by atoms with Gasteiger partial charge in [0, 0.05) is 24.0 Å². The first-order chi connectivity index (χ1) is 16.5. The third-order valence-corrected chi connectivity index (χ3v) is 7.60. The monoisotopic (exact) mass is 472 g/mol. The molecule has 4 aromatic rings. The zero-order valence-electron chi connectivity index (χ0n) is 18.5. The fraction of sp³-hybridized carbons (Fsp3) is 0.154. The molecule has 34 heavy (non-hydrogen) atoms. The molecule has 1 aliphatic heterocycles. The first-order valence-electron chi connectivity index (χ1n) is 11.1. The van der Waals surface area contributed by atoms with Gasteiger partial charge in [-0.2, -0.15) is 5.10 Å². The van der Waals surface area contributed by atoms with E-state index < -0.39 is 10.0 Å². The molecule has 3 aromatic carbocycles. The summed E-state index contributed by atoms with van der Waals surface area (Å²) in [6.45, 7) is 0.987. The maximum atomic E-state index is 13.3. The number of carbonyl (C=O) groups excluding carboxylic acids is 1. The van der Waals surface area contributed by atoms with Gasteiger partial charge in [0.15, 0.2) is 0 Å². The van der Waals surface area contributed by atoms with Crippen molar-refractivity contribution in [1.29, 1.82) is 0 Å². The van der Waals surface area contributed by atoms with E-state index in [1.165, 1.54) is 4.31 Å². The summed E-state index contributed by atoms with van der Waals surface area (Å²) in [5.41, 5.74) is 4.04. The Labute approximate surface area is 198 Å². The van der Waals surface area contributed by atoms with Crippen molar-refractivity contribution in [3.63, 3.8) is 0 Å². The lowest BCUT2D eigenvalue weighted by molar-refractivity contribution is 0.102. The van der Waals surface area contributed by atoms with Crippen LogP contribution in [0, 0.1) is 0 Å². The fourth-order valence-corrected chi connectivity index (χ4v) is 5.67. The summed E-state index contributed by atoms with van der Waals surface area (Å²) in [4.78, 5) is 13.3. The Kier molecular flexibility index (Phi) is 5.90. The van der Waals surface area contributed by atoms with E-state index in [0.717, 1.165) is 11.1 Å². The van der Waals surface area contributed by atoms with E-state index in [1.54, 1.807) is 35.1 Å². The molecule has 8 heteroatoms. The second kappa shape index (κ2) is 9.15. The summed E-state index contributed by atoms with van der Waals surface area (Å²) in [7, 11) is -3.30. The van der Waals surface area contributed by atoms with Crippen LogP contribution in [0.15, 0.2) is 91.1 Å². The predicted octanol–water partition coefficient (Wildman–Crippen LogP) is 4.39.